The minimum atomic E-state index is 0.350. The van der Waals surface area contributed by atoms with E-state index < -0.39 is 0 Å². The molecule has 1 fully saturated rings. The zero-order valence-electron chi connectivity index (χ0n) is 21.0. The van der Waals surface area contributed by atoms with E-state index in [9.17, 15) is 0 Å². The third-order valence-electron chi connectivity index (χ3n) is 6.90. The van der Waals surface area contributed by atoms with E-state index in [-0.39, 0.29) is 0 Å². The Morgan fingerprint density at radius 3 is 2.70 bits per heavy atom. The molecule has 0 bridgehead atoms. The Labute approximate surface area is 223 Å². The van der Waals surface area contributed by atoms with E-state index in [0.29, 0.717) is 12.0 Å². The van der Waals surface area contributed by atoms with Gasteiger partial charge in [0.1, 0.15) is 16.7 Å². The Hall–Kier alpha value is -3.79. The molecule has 2 N–H and O–H groups in total. The fourth-order valence-electron chi connectivity index (χ4n) is 4.97. The number of anilines is 3. The summed E-state index contributed by atoms with van der Waals surface area (Å²) >= 11 is 3.53. The van der Waals surface area contributed by atoms with E-state index in [1.165, 1.54) is 16.3 Å². The van der Waals surface area contributed by atoms with Crippen LogP contribution in [0.25, 0.3) is 33.1 Å². The fourth-order valence-corrected chi connectivity index (χ4v) is 5.42. The maximum absolute atomic E-state index is 4.78. The molecular weight excluding hydrogens is 530 g/mol. The van der Waals surface area contributed by atoms with Gasteiger partial charge in [-0.1, -0.05) is 17.7 Å². The molecule has 3 aromatic heterocycles. The minimum Gasteiger partial charge on any atom is -0.382 e. The molecule has 0 aliphatic carbocycles. The number of aryl methyl sites for hydroxylation is 1. The summed E-state index contributed by atoms with van der Waals surface area (Å²) in [5, 5.41) is 14.4. The lowest BCUT2D eigenvalue weighted by Crippen LogP contribution is -2.39. The molecule has 10 heteroatoms. The van der Waals surface area contributed by atoms with Gasteiger partial charge in [0.15, 0.2) is 5.65 Å². The van der Waals surface area contributed by atoms with Gasteiger partial charge in [-0.25, -0.2) is 19.9 Å². The van der Waals surface area contributed by atoms with Crippen molar-refractivity contribution in [2.24, 2.45) is 0 Å². The van der Waals surface area contributed by atoms with Gasteiger partial charge < -0.3 is 15.1 Å². The lowest BCUT2D eigenvalue weighted by atomic mass is 9.99. The topological polar surface area (TPSA) is 98.8 Å². The molecule has 9 nitrogen and oxygen atoms in total. The zero-order valence-corrected chi connectivity index (χ0v) is 22.6. The molecule has 0 spiro atoms. The van der Waals surface area contributed by atoms with Crippen molar-refractivity contribution >= 4 is 55.2 Å². The first-order chi connectivity index (χ1) is 18.0. The summed E-state index contributed by atoms with van der Waals surface area (Å²) in [5.41, 5.74) is 5.13. The Bertz CT molecular complexity index is 1590. The maximum Gasteiger partial charge on any atom is 0.225 e. The van der Waals surface area contributed by atoms with Crippen LogP contribution in [0.15, 0.2) is 53.5 Å². The largest absolute Gasteiger partial charge is 0.382 e. The molecular formula is C27H28BrN9. The number of hydrogen-bond donors (Lipinski definition) is 2. The fraction of sp³-hybridized carbons (Fsp3) is 0.296. The Balaban J connectivity index is 1.28. The summed E-state index contributed by atoms with van der Waals surface area (Å²) in [4.78, 5) is 22.3. The number of H-pyrrole nitrogens is 1. The van der Waals surface area contributed by atoms with Crippen LogP contribution in [0.1, 0.15) is 18.4 Å². The van der Waals surface area contributed by atoms with Gasteiger partial charge >= 0.3 is 0 Å². The van der Waals surface area contributed by atoms with Gasteiger partial charge in [0.05, 0.1) is 11.1 Å². The van der Waals surface area contributed by atoms with E-state index in [0.717, 1.165) is 64.3 Å². The molecule has 1 aliphatic heterocycles. The molecule has 4 heterocycles. The zero-order chi connectivity index (χ0) is 25.5. The summed E-state index contributed by atoms with van der Waals surface area (Å²) in [7, 11) is 3.92. The molecule has 188 valence electrons. The van der Waals surface area contributed by atoms with E-state index >= 15 is 0 Å². The second-order valence-electron chi connectivity index (χ2n) is 9.73. The van der Waals surface area contributed by atoms with Crippen LogP contribution in [0.5, 0.6) is 0 Å². The van der Waals surface area contributed by atoms with E-state index in [4.69, 9.17) is 4.98 Å². The first-order valence-electron chi connectivity index (χ1n) is 12.4. The SMILES string of the molecule is Cc1ccc2cc(-c3ccnc(N(C)C)n3)cc(NC3CCN(c4ncnc5[nH]nc(Br)c45)CC3)c2c1. The van der Waals surface area contributed by atoms with Crippen molar-refractivity contribution in [3.05, 3.63) is 59.1 Å². The molecule has 0 atom stereocenters. The van der Waals surface area contributed by atoms with Crippen LogP contribution in [0.4, 0.5) is 17.5 Å². The Morgan fingerprint density at radius 1 is 1.05 bits per heavy atom. The molecule has 0 unspecified atom stereocenters. The van der Waals surface area contributed by atoms with Gasteiger partial charge in [0.25, 0.3) is 0 Å². The van der Waals surface area contributed by atoms with Gasteiger partial charge in [-0.2, -0.15) is 5.10 Å². The summed E-state index contributed by atoms with van der Waals surface area (Å²) < 4.78 is 0.749. The normalized spacial score (nSPS) is 14.4. The van der Waals surface area contributed by atoms with Gasteiger partial charge in [0, 0.05) is 56.1 Å². The van der Waals surface area contributed by atoms with Gasteiger partial charge in [0.2, 0.25) is 5.95 Å². The highest BCUT2D eigenvalue weighted by Gasteiger charge is 2.24. The quantitative estimate of drug-likeness (QED) is 0.305. The van der Waals surface area contributed by atoms with E-state index in [1.54, 1.807) is 6.33 Å². The predicted octanol–water partition coefficient (Wildman–Crippen LogP) is 5.18. The summed E-state index contributed by atoms with van der Waals surface area (Å²) in [5.74, 6) is 1.62. The molecule has 1 saturated heterocycles. The van der Waals surface area contributed by atoms with Crippen LogP contribution >= 0.6 is 15.9 Å². The standard InChI is InChI=1S/C27H28BrN9/c1-16-4-5-17-13-18(21-6-9-29-27(33-21)36(2)3)14-22(20(17)12-16)32-19-7-10-37(11-8-19)26-23-24(28)34-35-25(23)30-15-31-26/h4-6,9,12-15,19,32H,7-8,10-11H2,1-3H3,(H,30,31,34,35). The number of nitrogens with zero attached hydrogens (tertiary/aromatic N) is 7. The smallest absolute Gasteiger partial charge is 0.225 e. The number of rotatable bonds is 5. The van der Waals surface area contributed by atoms with Crippen LogP contribution in [-0.2, 0) is 0 Å². The van der Waals surface area contributed by atoms with Gasteiger partial charge in [-0.3, -0.25) is 5.10 Å². The van der Waals surface area contributed by atoms with Crippen molar-refractivity contribution in [1.82, 2.24) is 30.1 Å². The van der Waals surface area contributed by atoms with Crippen molar-refractivity contribution in [3.63, 3.8) is 0 Å². The number of aromatic amines is 1. The third kappa shape index (κ3) is 4.57. The van der Waals surface area contributed by atoms with Crippen molar-refractivity contribution < 1.29 is 0 Å². The monoisotopic (exact) mass is 557 g/mol. The van der Waals surface area contributed by atoms with Crippen LogP contribution < -0.4 is 15.1 Å². The molecule has 5 aromatic rings. The number of nitrogens with one attached hydrogen (secondary N) is 2. The van der Waals surface area contributed by atoms with Gasteiger partial charge in [-0.15, -0.1) is 0 Å². The first-order valence-corrected chi connectivity index (χ1v) is 13.2. The lowest BCUT2D eigenvalue weighted by Gasteiger charge is -2.34. The van der Waals surface area contributed by atoms with Gasteiger partial charge in [-0.05, 0) is 65.3 Å². The van der Waals surface area contributed by atoms with E-state index in [2.05, 4.69) is 88.6 Å². The molecule has 0 radical (unpaired) electrons. The highest BCUT2D eigenvalue weighted by molar-refractivity contribution is 9.10. The predicted molar refractivity (Wildman–Crippen MR) is 152 cm³/mol. The second kappa shape index (κ2) is 9.59. The third-order valence-corrected chi connectivity index (χ3v) is 7.47. The van der Waals surface area contributed by atoms with Crippen LogP contribution in [0.2, 0.25) is 0 Å². The average Bonchev–Trinajstić information content (AvgIpc) is 3.30. The van der Waals surface area contributed by atoms with Crippen LogP contribution in [0, 0.1) is 6.92 Å². The van der Waals surface area contributed by atoms with E-state index in [1.807, 2.05) is 31.3 Å². The van der Waals surface area contributed by atoms with Crippen LogP contribution in [0.3, 0.4) is 0 Å². The van der Waals surface area contributed by atoms with Crippen LogP contribution in [-0.4, -0.2) is 63.4 Å². The first kappa shape index (κ1) is 23.6. The number of aromatic nitrogens is 6. The molecule has 6 rings (SSSR count). The number of halogens is 1. The highest BCUT2D eigenvalue weighted by atomic mass is 79.9. The summed E-state index contributed by atoms with van der Waals surface area (Å²) in [6, 6.07) is 13.4. The number of hydrogen-bond acceptors (Lipinski definition) is 8. The molecule has 0 amide bonds. The van der Waals surface area contributed by atoms with Crippen molar-refractivity contribution in [1.29, 1.82) is 0 Å². The number of piperidine rings is 1. The average molecular weight is 558 g/mol. The number of fused-ring (bicyclic) bond motifs is 2. The summed E-state index contributed by atoms with van der Waals surface area (Å²) in [6.07, 6.45) is 5.41. The lowest BCUT2D eigenvalue weighted by molar-refractivity contribution is 0.525. The maximum atomic E-state index is 4.78. The minimum absolute atomic E-state index is 0.350. The highest BCUT2D eigenvalue weighted by Crippen LogP contribution is 2.34. The molecule has 0 saturated carbocycles. The van der Waals surface area contributed by atoms with Crippen molar-refractivity contribution in [2.45, 2.75) is 25.8 Å². The van der Waals surface area contributed by atoms with Crippen molar-refractivity contribution in [2.75, 3.05) is 42.3 Å². The number of benzene rings is 2. The summed E-state index contributed by atoms with van der Waals surface area (Å²) in [6.45, 7) is 3.94. The second-order valence-corrected chi connectivity index (χ2v) is 10.5. The Kier molecular flexibility index (Phi) is 6.11. The molecule has 37 heavy (non-hydrogen) atoms. The Morgan fingerprint density at radius 2 is 1.89 bits per heavy atom. The molecule has 2 aromatic carbocycles. The molecule has 1 aliphatic rings. The van der Waals surface area contributed by atoms with Crippen molar-refractivity contribution in [3.8, 4) is 11.3 Å².